The van der Waals surface area contributed by atoms with Gasteiger partial charge in [-0.25, -0.2) is 0 Å². The Labute approximate surface area is 359 Å². The van der Waals surface area contributed by atoms with Gasteiger partial charge >= 0.3 is 0 Å². The topological polar surface area (TPSA) is 0 Å². The van der Waals surface area contributed by atoms with Crippen molar-refractivity contribution < 1.29 is 28.8 Å². The molecule has 0 fully saturated rings. The maximum Gasteiger partial charge on any atom is 0.0294 e. The number of hydrogen-bond acceptors (Lipinski definition) is 0. The first-order valence-electron chi connectivity index (χ1n) is 28.7. The molecule has 0 aromatic heterocycles. The van der Waals surface area contributed by atoms with Gasteiger partial charge in [-0.3, -0.25) is 0 Å². The van der Waals surface area contributed by atoms with Crippen LogP contribution in [0.25, 0.3) is 22.3 Å². The van der Waals surface area contributed by atoms with Gasteiger partial charge in [0.05, 0.1) is 0 Å². The fourth-order valence-corrected chi connectivity index (χ4v) is 2.97. The molecule has 0 aliphatic rings. The van der Waals surface area contributed by atoms with Crippen molar-refractivity contribution in [3.8, 4) is 22.3 Å². The third-order valence-electron chi connectivity index (χ3n) is 4.36. The van der Waals surface area contributed by atoms with E-state index in [1.165, 1.54) is 68.0 Å². The van der Waals surface area contributed by atoms with Crippen LogP contribution in [0.4, 0.5) is 0 Å². The highest BCUT2D eigenvalue weighted by Gasteiger charge is 1.98. The fourth-order valence-electron chi connectivity index (χ4n) is 2.97. The summed E-state index contributed by atoms with van der Waals surface area (Å²) in [5.74, 6) is -4.62. The van der Waals surface area contributed by atoms with Crippen molar-refractivity contribution in [2.24, 2.45) is 29.5 Å². The lowest BCUT2D eigenvalue weighted by atomic mass is 10.0. The highest BCUT2D eigenvalue weighted by molar-refractivity contribution is 5.66. The van der Waals surface area contributed by atoms with Crippen LogP contribution in [0.2, 0.25) is 0 Å². The van der Waals surface area contributed by atoms with E-state index in [1.807, 2.05) is 32.9 Å². The monoisotopic (exact) mass is 738 g/mol. The molecule has 0 spiro atoms. The van der Waals surface area contributed by atoms with Gasteiger partial charge in [0, 0.05) is 28.8 Å². The van der Waals surface area contributed by atoms with Gasteiger partial charge in [-0.05, 0) is 71.1 Å². The Hall–Kier alpha value is -3.12. The van der Waals surface area contributed by atoms with Gasteiger partial charge in [-0.1, -0.05) is 260 Å². The predicted molar refractivity (Wildman–Crippen MR) is 250 cm³/mol. The van der Waals surface area contributed by atoms with Gasteiger partial charge in [0.2, 0.25) is 0 Å². The molecule has 0 radical (unpaired) electrons. The van der Waals surface area contributed by atoms with Crippen molar-refractivity contribution in [1.82, 2.24) is 0 Å². The van der Waals surface area contributed by atoms with Crippen LogP contribution in [0.15, 0.2) is 109 Å². The van der Waals surface area contributed by atoms with Gasteiger partial charge < -0.3 is 0 Å². The molecule has 0 aliphatic heterocycles. The Kier molecular flexibility index (Phi) is 24.2. The Balaban J connectivity index is -0.000000177. The zero-order valence-corrected chi connectivity index (χ0v) is 35.7. The summed E-state index contributed by atoms with van der Waals surface area (Å²) >= 11 is 0. The minimum Gasteiger partial charge on any atom is -0.0683 e. The first-order valence-corrected chi connectivity index (χ1v) is 17.3. The minimum absolute atomic E-state index is 0.188. The largest absolute Gasteiger partial charge is 0.0683 e. The Bertz CT molecular complexity index is 1820. The summed E-state index contributed by atoms with van der Waals surface area (Å²) in [6.07, 6.45) is 0. The fraction of sp³-hybridized carbons (Fsp3) is 0.538. The molecule has 0 saturated heterocycles. The van der Waals surface area contributed by atoms with E-state index >= 15 is 0 Å². The van der Waals surface area contributed by atoms with Crippen LogP contribution >= 0.6 is 0 Å². The van der Waals surface area contributed by atoms with Crippen molar-refractivity contribution >= 4 is 0 Å². The smallest absolute Gasteiger partial charge is 0.0294 e. The summed E-state index contributed by atoms with van der Waals surface area (Å²) in [6, 6.07) is 37.9. The number of aryl methyl sites for hydroxylation is 2. The summed E-state index contributed by atoms with van der Waals surface area (Å²) in [4.78, 5) is 0. The highest BCUT2D eigenvalue weighted by Crippen LogP contribution is 2.22. The maximum atomic E-state index is 7.08. The van der Waals surface area contributed by atoms with Crippen LogP contribution in [0, 0.1) is 43.3 Å². The maximum absolute atomic E-state index is 7.08. The highest BCUT2D eigenvalue weighted by atomic mass is 14.0. The molecule has 0 heteroatoms. The zero-order chi connectivity index (χ0) is 59.5. The predicted octanol–water partition coefficient (Wildman–Crippen LogP) is 18.7. The summed E-state index contributed by atoms with van der Waals surface area (Å²) in [6.45, 7) is 17.2. The molecule has 1 atom stereocenters. The molecule has 0 saturated carbocycles. The van der Waals surface area contributed by atoms with Crippen LogP contribution in [-0.4, -0.2) is 0 Å². The standard InChI is InChI=1S/2C13H12.5C4H10.3C2H6/c1-11-7-5-6-10-13(11)12-8-3-2-4-9-12;1-11-6-5-9-13(10-11)12-7-3-2-4-8-12;5*1-4(2)3;3*1-2/h2*2-10H,1H3;5*4H,1-3H3;3*1-2H3/i;;1D,2D3,4D;1D3,4D;1D2,4D;1D,4D;4D;1D3;1D2;1D. The molecular formula is C52H92. The van der Waals surface area contributed by atoms with Crippen LogP contribution < -0.4 is 0 Å². The van der Waals surface area contributed by atoms with Crippen molar-refractivity contribution in [1.29, 1.82) is 0 Å². The number of rotatable bonds is 2. The quantitative estimate of drug-likeness (QED) is 0.192. The lowest BCUT2D eigenvalue weighted by Crippen LogP contribution is -1.80. The van der Waals surface area contributed by atoms with E-state index in [2.05, 4.69) is 111 Å². The molecular weight excluding hydrogens is 625 g/mol. The molecule has 0 aliphatic carbocycles. The molecule has 0 bridgehead atoms. The molecule has 4 aromatic rings. The molecule has 300 valence electrons. The molecule has 0 nitrogen and oxygen atoms in total. The van der Waals surface area contributed by atoms with E-state index in [0.29, 0.717) is 6.90 Å². The molecule has 0 amide bonds. The number of hydrogen-bond donors (Lipinski definition) is 0. The zero-order valence-electron chi connectivity index (χ0n) is 56.7. The molecule has 52 heavy (non-hydrogen) atoms. The van der Waals surface area contributed by atoms with E-state index in [4.69, 9.17) is 28.8 Å². The Morgan fingerprint density at radius 3 is 1.15 bits per heavy atom. The molecule has 0 heterocycles. The van der Waals surface area contributed by atoms with Crippen LogP contribution in [0.5, 0.6) is 0 Å². The van der Waals surface area contributed by atoms with Crippen LogP contribution in [-0.2, 0) is 0 Å². The van der Waals surface area contributed by atoms with Gasteiger partial charge in [-0.2, -0.15) is 0 Å². The van der Waals surface area contributed by atoms with Crippen LogP contribution in [0.3, 0.4) is 0 Å². The first-order chi connectivity index (χ1) is 32.4. The van der Waals surface area contributed by atoms with Gasteiger partial charge in [-0.15, -0.1) is 0 Å². The third kappa shape index (κ3) is 56.3. The second-order valence-electron chi connectivity index (χ2n) is 12.0. The average Bonchev–Trinajstić information content (AvgIpc) is 3.20. The van der Waals surface area contributed by atoms with E-state index in [1.54, 1.807) is 34.6 Å². The van der Waals surface area contributed by atoms with Gasteiger partial charge in [0.15, 0.2) is 0 Å². The second-order valence-corrected chi connectivity index (χ2v) is 12.0. The van der Waals surface area contributed by atoms with Crippen LogP contribution in [0.1, 0.15) is 185 Å². The molecule has 0 N–H and O–H groups in total. The van der Waals surface area contributed by atoms with Crippen molar-refractivity contribution in [2.45, 2.75) is 159 Å². The lowest BCUT2D eigenvalue weighted by Gasteiger charge is -2.04. The summed E-state index contributed by atoms with van der Waals surface area (Å²) in [5, 5.41) is 0. The van der Waals surface area contributed by atoms with Crippen molar-refractivity contribution in [2.75, 3.05) is 0 Å². The number of benzene rings is 4. The first kappa shape index (κ1) is 27.5. The SMILES string of the molecule is Cc1cccc(-c2ccccc2)c1.Cc1ccccc1-c1ccccc1.[2H]C(C)(C)C.[2H]C([2H])([2H])C.[2H]C([2H])([2H])C([2H])(C)C.[2H]C([2H])C.[2H]C([2H])C([2H])(C)C.[2H]CC.[2H]CC([2H])(C)C.[2H]CC([2H])(C)C([2H])([2H])[2H]. The second kappa shape index (κ2) is 45.9. The van der Waals surface area contributed by atoms with Crippen molar-refractivity contribution in [3.63, 3.8) is 0 Å². The van der Waals surface area contributed by atoms with Crippen molar-refractivity contribution in [3.05, 3.63) is 120 Å². The van der Waals surface area contributed by atoms with E-state index < -0.39 is 57.9 Å². The summed E-state index contributed by atoms with van der Waals surface area (Å²) in [5.41, 5.74) is 7.82. The third-order valence-corrected chi connectivity index (χ3v) is 4.36. The van der Waals surface area contributed by atoms with Gasteiger partial charge in [0.1, 0.15) is 0 Å². The van der Waals surface area contributed by atoms with E-state index in [9.17, 15) is 0 Å². The molecule has 4 rings (SSSR count). The van der Waals surface area contributed by atoms with E-state index in [0.717, 1.165) is 0 Å². The van der Waals surface area contributed by atoms with E-state index in [-0.39, 0.29) is 19.7 Å². The summed E-state index contributed by atoms with van der Waals surface area (Å²) in [7, 11) is 0. The van der Waals surface area contributed by atoms with Gasteiger partial charge in [0.25, 0.3) is 0 Å². The average molecular weight is 738 g/mol. The Morgan fingerprint density at radius 2 is 0.846 bits per heavy atom. The minimum atomic E-state index is -2.32. The Morgan fingerprint density at radius 1 is 0.462 bits per heavy atom. The summed E-state index contributed by atoms with van der Waals surface area (Å²) < 4.78 is 140. The molecule has 1 unspecified atom stereocenters. The normalized spacial score (nSPS) is 17.4. The molecule has 4 aromatic carbocycles. The lowest BCUT2D eigenvalue weighted by molar-refractivity contribution is 0.736.